The van der Waals surface area contributed by atoms with E-state index < -0.39 is 0 Å². The summed E-state index contributed by atoms with van der Waals surface area (Å²) in [7, 11) is 0. The van der Waals surface area contributed by atoms with Gasteiger partial charge in [0.2, 0.25) is 5.89 Å². The van der Waals surface area contributed by atoms with Crippen molar-refractivity contribution in [2.24, 2.45) is 0 Å². The second-order valence-corrected chi connectivity index (χ2v) is 6.48. The van der Waals surface area contributed by atoms with Gasteiger partial charge in [-0.2, -0.15) is 0 Å². The molecule has 0 aliphatic carbocycles. The monoisotopic (exact) mass is 347 g/mol. The van der Waals surface area contributed by atoms with Crippen molar-refractivity contribution in [3.05, 3.63) is 114 Å². The Hall–Kier alpha value is -3.65. The zero-order valence-corrected chi connectivity index (χ0v) is 14.7. The second kappa shape index (κ2) is 6.58. The Morgan fingerprint density at radius 2 is 1.30 bits per heavy atom. The highest BCUT2D eigenvalue weighted by molar-refractivity contribution is 6.04. The van der Waals surface area contributed by atoms with Gasteiger partial charge in [0.15, 0.2) is 5.58 Å². The Morgan fingerprint density at radius 1 is 0.667 bits per heavy atom. The van der Waals surface area contributed by atoms with Crippen LogP contribution in [-0.2, 0) is 0 Å². The molecule has 0 fully saturated rings. The number of hydrogen-bond donors (Lipinski definition) is 0. The largest absolute Gasteiger partial charge is 0.437 e. The third kappa shape index (κ3) is 2.91. The van der Waals surface area contributed by atoms with Crippen molar-refractivity contribution in [3.63, 3.8) is 0 Å². The molecule has 0 aliphatic heterocycles. The van der Waals surface area contributed by atoms with Crippen molar-refractivity contribution in [1.82, 2.24) is 4.98 Å². The Kier molecular flexibility index (Phi) is 3.80. The number of benzene rings is 4. The third-order valence-electron chi connectivity index (χ3n) is 4.74. The van der Waals surface area contributed by atoms with Crippen molar-refractivity contribution in [1.29, 1.82) is 0 Å². The van der Waals surface area contributed by atoms with Crippen molar-refractivity contribution in [3.8, 4) is 0 Å². The summed E-state index contributed by atoms with van der Waals surface area (Å²) in [6, 6.07) is 33.0. The van der Waals surface area contributed by atoms with E-state index in [0.29, 0.717) is 5.89 Å². The summed E-state index contributed by atoms with van der Waals surface area (Å²) in [4.78, 5) is 4.79. The summed E-state index contributed by atoms with van der Waals surface area (Å²) in [5.41, 5.74) is 5.07. The Balaban J connectivity index is 1.71. The predicted octanol–water partition coefficient (Wildman–Crippen LogP) is 6.57. The van der Waals surface area contributed by atoms with Crippen LogP contribution in [0.5, 0.6) is 0 Å². The van der Waals surface area contributed by atoms with Crippen LogP contribution in [0.4, 0.5) is 0 Å². The van der Waals surface area contributed by atoms with Gasteiger partial charge in [-0.1, -0.05) is 91.0 Å². The van der Waals surface area contributed by atoms with Crippen LogP contribution in [0.1, 0.15) is 17.0 Å². The fourth-order valence-corrected chi connectivity index (χ4v) is 3.43. The maximum absolute atomic E-state index is 6.06. The minimum Gasteiger partial charge on any atom is -0.437 e. The van der Waals surface area contributed by atoms with E-state index in [-0.39, 0.29) is 0 Å². The van der Waals surface area contributed by atoms with Gasteiger partial charge in [0, 0.05) is 11.5 Å². The molecule has 128 valence electrons. The maximum Gasteiger partial charge on any atom is 0.220 e. The molecule has 0 radical (unpaired) electrons. The van der Waals surface area contributed by atoms with Crippen molar-refractivity contribution in [2.75, 3.05) is 0 Å². The second-order valence-electron chi connectivity index (χ2n) is 6.48. The van der Waals surface area contributed by atoms with Crippen molar-refractivity contribution < 1.29 is 4.42 Å². The molecule has 0 amide bonds. The van der Waals surface area contributed by atoms with E-state index in [1.54, 1.807) is 0 Å². The quantitative estimate of drug-likeness (QED) is 0.369. The van der Waals surface area contributed by atoms with Gasteiger partial charge in [0.1, 0.15) is 5.52 Å². The van der Waals surface area contributed by atoms with Crippen LogP contribution in [0, 0.1) is 0 Å². The van der Waals surface area contributed by atoms with Crippen LogP contribution in [-0.4, -0.2) is 4.98 Å². The first-order valence-electron chi connectivity index (χ1n) is 8.99. The van der Waals surface area contributed by atoms with E-state index in [2.05, 4.69) is 42.5 Å². The number of fused-ring (bicyclic) bond motifs is 3. The van der Waals surface area contributed by atoms with E-state index in [0.717, 1.165) is 33.2 Å². The van der Waals surface area contributed by atoms with Gasteiger partial charge in [-0.15, -0.1) is 0 Å². The van der Waals surface area contributed by atoms with Crippen LogP contribution in [0.3, 0.4) is 0 Å². The SMILES string of the molecule is C(=C(c1ccccc1)c1ccccc1)c1nc2c(ccc3ccccc32)o1. The highest BCUT2D eigenvalue weighted by Crippen LogP contribution is 2.29. The number of hydrogen-bond acceptors (Lipinski definition) is 2. The number of nitrogens with zero attached hydrogens (tertiary/aromatic N) is 1. The topological polar surface area (TPSA) is 26.0 Å². The Labute approximate surface area is 157 Å². The maximum atomic E-state index is 6.06. The van der Waals surface area contributed by atoms with Crippen molar-refractivity contribution in [2.45, 2.75) is 0 Å². The third-order valence-corrected chi connectivity index (χ3v) is 4.74. The highest BCUT2D eigenvalue weighted by atomic mass is 16.3. The molecule has 2 nitrogen and oxygen atoms in total. The van der Waals surface area contributed by atoms with Crippen LogP contribution in [0.25, 0.3) is 33.5 Å². The van der Waals surface area contributed by atoms with Gasteiger partial charge in [0.05, 0.1) is 0 Å². The van der Waals surface area contributed by atoms with E-state index in [4.69, 9.17) is 9.40 Å². The minimum absolute atomic E-state index is 0.615. The first kappa shape index (κ1) is 15.6. The van der Waals surface area contributed by atoms with Gasteiger partial charge in [-0.05, 0) is 28.2 Å². The van der Waals surface area contributed by atoms with Crippen LogP contribution in [0.2, 0.25) is 0 Å². The molecule has 0 aliphatic rings. The lowest BCUT2D eigenvalue weighted by atomic mass is 9.98. The molecule has 2 heteroatoms. The summed E-state index contributed by atoms with van der Waals surface area (Å²) >= 11 is 0. The average molecular weight is 347 g/mol. The molecule has 0 bridgehead atoms. The van der Waals surface area contributed by atoms with Gasteiger partial charge < -0.3 is 4.42 Å². The van der Waals surface area contributed by atoms with Gasteiger partial charge >= 0.3 is 0 Å². The van der Waals surface area contributed by atoms with Gasteiger partial charge in [0.25, 0.3) is 0 Å². The summed E-state index contributed by atoms with van der Waals surface area (Å²) in [5.74, 6) is 0.615. The van der Waals surface area contributed by atoms with Crippen LogP contribution in [0.15, 0.2) is 101 Å². The molecule has 0 atom stereocenters. The average Bonchev–Trinajstić information content (AvgIpc) is 3.17. The zero-order valence-electron chi connectivity index (χ0n) is 14.7. The standard InChI is InChI=1S/C25H17NO/c1-3-9-18(10-4-1)22(19-11-5-2-6-12-19)17-24-26-25-21-14-8-7-13-20(21)15-16-23(25)27-24/h1-17H. The zero-order chi connectivity index (χ0) is 18.1. The minimum atomic E-state index is 0.615. The fourth-order valence-electron chi connectivity index (χ4n) is 3.43. The molecular weight excluding hydrogens is 330 g/mol. The van der Waals surface area contributed by atoms with Crippen LogP contribution >= 0.6 is 0 Å². The summed E-state index contributed by atoms with van der Waals surface area (Å²) in [6.07, 6.45) is 2.03. The molecule has 27 heavy (non-hydrogen) atoms. The predicted molar refractivity (Wildman–Crippen MR) is 111 cm³/mol. The molecule has 5 rings (SSSR count). The van der Waals surface area contributed by atoms with E-state index >= 15 is 0 Å². The summed E-state index contributed by atoms with van der Waals surface area (Å²) in [5, 5.41) is 2.28. The smallest absolute Gasteiger partial charge is 0.220 e. The highest BCUT2D eigenvalue weighted by Gasteiger charge is 2.10. The molecule has 0 N–H and O–H groups in total. The molecule has 0 unspecified atom stereocenters. The number of aromatic nitrogens is 1. The molecule has 0 saturated heterocycles. The summed E-state index contributed by atoms with van der Waals surface area (Å²) < 4.78 is 6.06. The molecule has 4 aromatic carbocycles. The normalized spacial score (nSPS) is 11.0. The van der Waals surface area contributed by atoms with E-state index in [1.165, 1.54) is 5.39 Å². The van der Waals surface area contributed by atoms with Gasteiger partial charge in [-0.25, -0.2) is 4.98 Å². The van der Waals surface area contributed by atoms with Crippen LogP contribution < -0.4 is 0 Å². The van der Waals surface area contributed by atoms with E-state index in [1.807, 2.05) is 60.7 Å². The lowest BCUT2D eigenvalue weighted by Gasteiger charge is -2.07. The summed E-state index contributed by atoms with van der Waals surface area (Å²) in [6.45, 7) is 0. The molecule has 1 heterocycles. The molecule has 1 aromatic heterocycles. The number of oxazole rings is 1. The van der Waals surface area contributed by atoms with Gasteiger partial charge in [-0.3, -0.25) is 0 Å². The van der Waals surface area contributed by atoms with Crippen molar-refractivity contribution >= 4 is 33.5 Å². The number of rotatable bonds is 3. The first-order chi connectivity index (χ1) is 13.4. The molecule has 5 aromatic rings. The lowest BCUT2D eigenvalue weighted by Crippen LogP contribution is -1.88. The Bertz CT molecular complexity index is 1210. The first-order valence-corrected chi connectivity index (χ1v) is 8.99. The molecule has 0 saturated carbocycles. The van der Waals surface area contributed by atoms with E-state index in [9.17, 15) is 0 Å². The lowest BCUT2D eigenvalue weighted by molar-refractivity contribution is 0.589. The Morgan fingerprint density at radius 3 is 2.00 bits per heavy atom. The molecular formula is C25H17NO. The fraction of sp³-hybridized carbons (Fsp3) is 0. The molecule has 0 spiro atoms.